The molecule has 0 aliphatic carbocycles. The number of hydrogen-bond acceptors (Lipinski definition) is 6. The molecule has 144 valence electrons. The van der Waals surface area contributed by atoms with Crippen LogP contribution in [0.25, 0.3) is 0 Å². The van der Waals surface area contributed by atoms with E-state index >= 15 is 0 Å². The van der Waals surface area contributed by atoms with Gasteiger partial charge in [-0.05, 0) is 23.6 Å². The van der Waals surface area contributed by atoms with E-state index in [4.69, 9.17) is 4.74 Å². The highest BCUT2D eigenvalue weighted by Crippen LogP contribution is 2.22. The van der Waals surface area contributed by atoms with Gasteiger partial charge in [-0.1, -0.05) is 18.2 Å². The van der Waals surface area contributed by atoms with Crippen molar-refractivity contribution in [1.82, 2.24) is 10.2 Å². The van der Waals surface area contributed by atoms with Crippen molar-refractivity contribution in [2.45, 2.75) is 0 Å². The number of piperazine rings is 1. The summed E-state index contributed by atoms with van der Waals surface area (Å²) in [6, 6.07) is 11.8. The van der Waals surface area contributed by atoms with Gasteiger partial charge in [-0.2, -0.15) is 0 Å². The van der Waals surface area contributed by atoms with Gasteiger partial charge in [0.05, 0.1) is 12.8 Å². The molecule has 3 rings (SSSR count). The van der Waals surface area contributed by atoms with Crippen LogP contribution >= 0.6 is 11.3 Å². The number of thiophene rings is 1. The van der Waals surface area contributed by atoms with Gasteiger partial charge in [-0.25, -0.2) is 9.59 Å². The molecule has 0 radical (unpaired) electrons. The molecule has 1 fully saturated rings. The monoisotopic (exact) mass is 388 g/mol. The SMILES string of the molecule is COC(=O)c1sccc1NC(=O)NCCN1CCN(c2ccccc2)CC1. The number of para-hydroxylation sites is 1. The van der Waals surface area contributed by atoms with Gasteiger partial charge < -0.3 is 20.3 Å². The number of methoxy groups -OCH3 is 1. The van der Waals surface area contributed by atoms with Gasteiger partial charge >= 0.3 is 12.0 Å². The number of urea groups is 1. The number of amides is 2. The summed E-state index contributed by atoms with van der Waals surface area (Å²) >= 11 is 1.24. The smallest absolute Gasteiger partial charge is 0.350 e. The molecule has 1 aliphatic rings. The number of carbonyl (C=O) groups excluding carboxylic acids is 2. The fourth-order valence-electron chi connectivity index (χ4n) is 3.02. The Bertz CT molecular complexity index is 757. The maximum absolute atomic E-state index is 12.1. The lowest BCUT2D eigenvalue weighted by molar-refractivity contribution is 0.0607. The zero-order valence-electron chi connectivity index (χ0n) is 15.3. The van der Waals surface area contributed by atoms with Crippen molar-refractivity contribution in [2.75, 3.05) is 56.6 Å². The lowest BCUT2D eigenvalue weighted by atomic mass is 10.2. The second-order valence-corrected chi connectivity index (χ2v) is 7.12. The molecular weight excluding hydrogens is 364 g/mol. The molecule has 0 atom stereocenters. The molecule has 1 aliphatic heterocycles. The third-order valence-electron chi connectivity index (χ3n) is 4.49. The molecule has 1 aromatic carbocycles. The van der Waals surface area contributed by atoms with E-state index < -0.39 is 5.97 Å². The molecule has 2 N–H and O–H groups in total. The number of nitrogens with one attached hydrogen (secondary N) is 2. The van der Waals surface area contributed by atoms with E-state index in [2.05, 4.69) is 44.7 Å². The van der Waals surface area contributed by atoms with Crippen molar-refractivity contribution in [2.24, 2.45) is 0 Å². The second kappa shape index (κ2) is 9.38. The standard InChI is InChI=1S/C19H24N4O3S/c1-26-18(24)17-16(7-14-27-17)21-19(25)20-8-9-22-10-12-23(13-11-22)15-5-3-2-4-6-15/h2-7,14H,8-13H2,1H3,(H2,20,21,25). The number of nitrogens with zero attached hydrogens (tertiary/aromatic N) is 2. The second-order valence-electron chi connectivity index (χ2n) is 6.20. The first-order valence-corrected chi connectivity index (χ1v) is 9.78. The van der Waals surface area contributed by atoms with Gasteiger partial charge in [0.25, 0.3) is 0 Å². The van der Waals surface area contributed by atoms with Crippen molar-refractivity contribution >= 4 is 34.7 Å². The molecule has 1 aromatic heterocycles. The van der Waals surface area contributed by atoms with Crippen LogP contribution in [0.3, 0.4) is 0 Å². The molecule has 8 heteroatoms. The van der Waals surface area contributed by atoms with Crippen molar-refractivity contribution in [3.05, 3.63) is 46.7 Å². The third kappa shape index (κ3) is 5.21. The number of carbonyl (C=O) groups is 2. The fraction of sp³-hybridized carbons (Fsp3) is 0.368. The number of anilines is 2. The Morgan fingerprint density at radius 2 is 1.85 bits per heavy atom. The molecule has 2 amide bonds. The maximum atomic E-state index is 12.1. The molecule has 0 saturated carbocycles. The Balaban J connectivity index is 1.37. The molecular formula is C19H24N4O3S. The number of ether oxygens (including phenoxy) is 1. The van der Waals surface area contributed by atoms with Crippen molar-refractivity contribution in [3.63, 3.8) is 0 Å². The van der Waals surface area contributed by atoms with Crippen LogP contribution in [0.15, 0.2) is 41.8 Å². The molecule has 7 nitrogen and oxygen atoms in total. The minimum Gasteiger partial charge on any atom is -0.465 e. The van der Waals surface area contributed by atoms with Crippen LogP contribution in [0.1, 0.15) is 9.67 Å². The normalized spacial score (nSPS) is 14.6. The zero-order valence-corrected chi connectivity index (χ0v) is 16.1. The first kappa shape index (κ1) is 19.2. The van der Waals surface area contributed by atoms with E-state index in [-0.39, 0.29) is 6.03 Å². The Kier molecular flexibility index (Phi) is 6.67. The average molecular weight is 388 g/mol. The Morgan fingerprint density at radius 3 is 2.56 bits per heavy atom. The van der Waals surface area contributed by atoms with Crippen LogP contribution in [0.2, 0.25) is 0 Å². The van der Waals surface area contributed by atoms with Gasteiger partial charge in [-0.15, -0.1) is 11.3 Å². The van der Waals surface area contributed by atoms with Crippen LogP contribution in [0, 0.1) is 0 Å². The highest BCUT2D eigenvalue weighted by Gasteiger charge is 2.18. The van der Waals surface area contributed by atoms with E-state index in [0.717, 1.165) is 32.7 Å². The quantitative estimate of drug-likeness (QED) is 0.744. The van der Waals surface area contributed by atoms with E-state index in [1.54, 1.807) is 11.4 Å². The number of rotatable bonds is 6. The predicted octanol–water partition coefficient (Wildman–Crippen LogP) is 2.48. The minimum atomic E-state index is -0.448. The largest absolute Gasteiger partial charge is 0.465 e. The molecule has 0 spiro atoms. The first-order valence-electron chi connectivity index (χ1n) is 8.90. The summed E-state index contributed by atoms with van der Waals surface area (Å²) < 4.78 is 4.71. The lowest BCUT2D eigenvalue weighted by Crippen LogP contribution is -2.48. The van der Waals surface area contributed by atoms with Gasteiger partial charge in [0.1, 0.15) is 4.88 Å². The highest BCUT2D eigenvalue weighted by atomic mass is 32.1. The molecule has 0 bridgehead atoms. The Hall–Kier alpha value is -2.58. The van der Waals surface area contributed by atoms with Crippen molar-refractivity contribution < 1.29 is 14.3 Å². The maximum Gasteiger partial charge on any atom is 0.350 e. The van der Waals surface area contributed by atoms with Crippen LogP contribution < -0.4 is 15.5 Å². The summed E-state index contributed by atoms with van der Waals surface area (Å²) in [4.78, 5) is 28.8. The van der Waals surface area contributed by atoms with Crippen molar-refractivity contribution in [3.8, 4) is 0 Å². The van der Waals surface area contributed by atoms with Crippen LogP contribution in [0.4, 0.5) is 16.2 Å². The zero-order chi connectivity index (χ0) is 19.1. The highest BCUT2D eigenvalue weighted by molar-refractivity contribution is 7.12. The summed E-state index contributed by atoms with van der Waals surface area (Å²) in [6.07, 6.45) is 0. The van der Waals surface area contributed by atoms with Crippen LogP contribution in [-0.4, -0.2) is 63.3 Å². The van der Waals surface area contributed by atoms with Gasteiger partial charge in [0.15, 0.2) is 0 Å². The number of hydrogen-bond donors (Lipinski definition) is 2. The molecule has 27 heavy (non-hydrogen) atoms. The van der Waals surface area contributed by atoms with Gasteiger partial charge in [0.2, 0.25) is 0 Å². The number of esters is 1. The van der Waals surface area contributed by atoms with Crippen LogP contribution in [-0.2, 0) is 4.74 Å². The Morgan fingerprint density at radius 1 is 1.11 bits per heavy atom. The summed E-state index contributed by atoms with van der Waals surface area (Å²) in [7, 11) is 1.32. The average Bonchev–Trinajstić information content (AvgIpc) is 3.16. The van der Waals surface area contributed by atoms with Gasteiger partial charge in [-0.3, -0.25) is 4.90 Å². The van der Waals surface area contributed by atoms with Gasteiger partial charge in [0, 0.05) is 45.0 Å². The first-order chi connectivity index (χ1) is 13.2. The molecule has 2 heterocycles. The van der Waals surface area contributed by atoms with E-state index in [1.807, 2.05) is 6.07 Å². The minimum absolute atomic E-state index is 0.318. The van der Waals surface area contributed by atoms with E-state index in [9.17, 15) is 9.59 Å². The van der Waals surface area contributed by atoms with Crippen molar-refractivity contribution in [1.29, 1.82) is 0 Å². The van der Waals surface area contributed by atoms with E-state index in [1.165, 1.54) is 24.1 Å². The summed E-state index contributed by atoms with van der Waals surface area (Å²) in [5, 5.41) is 7.29. The number of benzene rings is 1. The van der Waals surface area contributed by atoms with Crippen LogP contribution in [0.5, 0.6) is 0 Å². The fourth-order valence-corrected chi connectivity index (χ4v) is 3.79. The topological polar surface area (TPSA) is 73.9 Å². The molecule has 2 aromatic rings. The lowest BCUT2D eigenvalue weighted by Gasteiger charge is -2.36. The molecule has 0 unspecified atom stereocenters. The third-order valence-corrected chi connectivity index (χ3v) is 5.39. The Labute approximate surface area is 162 Å². The summed E-state index contributed by atoms with van der Waals surface area (Å²) in [5.74, 6) is -0.448. The summed E-state index contributed by atoms with van der Waals surface area (Å²) in [6.45, 7) is 5.24. The molecule has 1 saturated heterocycles. The summed E-state index contributed by atoms with van der Waals surface area (Å²) in [5.41, 5.74) is 1.73. The van der Waals surface area contributed by atoms with E-state index in [0.29, 0.717) is 17.1 Å². The predicted molar refractivity (Wildman–Crippen MR) is 108 cm³/mol.